The lowest BCUT2D eigenvalue weighted by molar-refractivity contribution is 0.274. The fourth-order valence-corrected chi connectivity index (χ4v) is 0.737. The molecule has 0 fully saturated rings. The third kappa shape index (κ3) is 1.48. The Morgan fingerprint density at radius 2 is 2.09 bits per heavy atom. The number of aromatic nitrogens is 2. The minimum atomic E-state index is 0.140. The third-order valence-electron chi connectivity index (χ3n) is 1.71. The van der Waals surface area contributed by atoms with Crippen LogP contribution >= 0.6 is 0 Å². The molecule has 5 heteroatoms. The first kappa shape index (κ1) is 8.00. The molecule has 1 heterocycles. The zero-order valence-corrected chi connectivity index (χ0v) is 6.90. The van der Waals surface area contributed by atoms with Crippen molar-refractivity contribution in [3.05, 3.63) is 5.69 Å². The van der Waals surface area contributed by atoms with Crippen LogP contribution in [0.2, 0.25) is 0 Å². The van der Waals surface area contributed by atoms with Gasteiger partial charge in [0.2, 0.25) is 0 Å². The van der Waals surface area contributed by atoms with Gasteiger partial charge in [0.25, 0.3) is 0 Å². The van der Waals surface area contributed by atoms with E-state index in [1.54, 1.807) is 0 Å². The molecule has 1 unspecified atom stereocenters. The van der Waals surface area contributed by atoms with Crippen LogP contribution in [-0.4, -0.2) is 29.3 Å². The van der Waals surface area contributed by atoms with Crippen molar-refractivity contribution in [3.63, 3.8) is 0 Å². The van der Waals surface area contributed by atoms with E-state index in [9.17, 15) is 0 Å². The van der Waals surface area contributed by atoms with Crippen molar-refractivity contribution in [1.29, 1.82) is 0 Å². The van der Waals surface area contributed by atoms with Gasteiger partial charge in [0.15, 0.2) is 5.82 Å². The number of anilines is 1. The Kier molecular flexibility index (Phi) is 2.09. The van der Waals surface area contributed by atoms with Crippen LogP contribution in [0.25, 0.3) is 0 Å². The number of nitrogens with zero attached hydrogens (tertiary/aromatic N) is 3. The van der Waals surface area contributed by atoms with Crippen LogP contribution in [0.4, 0.5) is 5.82 Å². The summed E-state index contributed by atoms with van der Waals surface area (Å²) in [5, 5.41) is 7.17. The van der Waals surface area contributed by atoms with Gasteiger partial charge in [-0.15, -0.1) is 0 Å². The molecule has 1 aromatic rings. The van der Waals surface area contributed by atoms with E-state index >= 15 is 0 Å². The van der Waals surface area contributed by atoms with Gasteiger partial charge in [-0.25, -0.2) is 4.63 Å². The predicted molar refractivity (Wildman–Crippen MR) is 40.8 cm³/mol. The maximum absolute atomic E-state index is 5.49. The van der Waals surface area contributed by atoms with Crippen molar-refractivity contribution in [2.24, 2.45) is 0 Å². The Bertz CT molecular complexity index is 232. The molecule has 0 aliphatic rings. The fourth-order valence-electron chi connectivity index (χ4n) is 0.737. The van der Waals surface area contributed by atoms with Gasteiger partial charge >= 0.3 is 0 Å². The van der Waals surface area contributed by atoms with E-state index < -0.39 is 0 Å². The number of nitrogen functional groups attached to an aromatic ring is 1. The van der Waals surface area contributed by atoms with Crippen molar-refractivity contribution < 1.29 is 4.63 Å². The highest BCUT2D eigenvalue weighted by atomic mass is 16.6. The molecule has 2 N–H and O–H groups in total. The molecule has 0 bridgehead atoms. The van der Waals surface area contributed by atoms with Gasteiger partial charge in [0.1, 0.15) is 5.69 Å². The standard InChI is InChI=1S/C6H12N4O/c1-4(10(2)3)5-6(7)9-11-8-5/h4H,1-3H3,(H2,7,9). The van der Waals surface area contributed by atoms with E-state index in [2.05, 4.69) is 14.9 Å². The smallest absolute Gasteiger partial charge is 0.193 e. The van der Waals surface area contributed by atoms with Crippen molar-refractivity contribution >= 4 is 5.82 Å². The molecule has 0 aliphatic heterocycles. The maximum atomic E-state index is 5.49. The second-order valence-electron chi connectivity index (χ2n) is 2.67. The van der Waals surface area contributed by atoms with E-state index in [4.69, 9.17) is 5.73 Å². The van der Waals surface area contributed by atoms with Crippen LogP contribution < -0.4 is 5.73 Å². The molecule has 1 rings (SSSR count). The van der Waals surface area contributed by atoms with E-state index in [1.807, 2.05) is 25.9 Å². The second kappa shape index (κ2) is 2.87. The van der Waals surface area contributed by atoms with Crippen molar-refractivity contribution in [2.45, 2.75) is 13.0 Å². The molecule has 62 valence electrons. The lowest BCUT2D eigenvalue weighted by Crippen LogP contribution is -2.18. The number of nitrogens with two attached hydrogens (primary N) is 1. The first-order valence-electron chi connectivity index (χ1n) is 3.37. The quantitative estimate of drug-likeness (QED) is 0.665. The van der Waals surface area contributed by atoms with Gasteiger partial charge in [0, 0.05) is 0 Å². The number of hydrogen-bond donors (Lipinski definition) is 1. The van der Waals surface area contributed by atoms with Crippen LogP contribution in [0.5, 0.6) is 0 Å². The lowest BCUT2D eigenvalue weighted by Gasteiger charge is -2.16. The Morgan fingerprint density at radius 3 is 2.45 bits per heavy atom. The van der Waals surface area contributed by atoms with Gasteiger partial charge in [0.05, 0.1) is 6.04 Å². The number of rotatable bonds is 2. The monoisotopic (exact) mass is 156 g/mol. The minimum absolute atomic E-state index is 0.140. The largest absolute Gasteiger partial charge is 0.379 e. The molecular formula is C6H12N4O. The number of hydrogen-bond acceptors (Lipinski definition) is 5. The molecule has 11 heavy (non-hydrogen) atoms. The Labute approximate surface area is 65.1 Å². The van der Waals surface area contributed by atoms with Crippen LogP contribution in [-0.2, 0) is 0 Å². The normalized spacial score (nSPS) is 13.8. The van der Waals surface area contributed by atoms with Crippen LogP contribution in [0.3, 0.4) is 0 Å². The maximum Gasteiger partial charge on any atom is 0.193 e. The highest BCUT2D eigenvalue weighted by molar-refractivity contribution is 5.33. The van der Waals surface area contributed by atoms with Gasteiger partial charge in [-0.05, 0) is 26.2 Å². The Morgan fingerprint density at radius 1 is 1.45 bits per heavy atom. The molecule has 1 aromatic heterocycles. The molecule has 0 amide bonds. The summed E-state index contributed by atoms with van der Waals surface area (Å²) in [7, 11) is 3.89. The van der Waals surface area contributed by atoms with E-state index in [1.165, 1.54) is 0 Å². The predicted octanol–water partition coefficient (Wildman–Crippen LogP) is 0.274. The zero-order chi connectivity index (χ0) is 8.43. The lowest BCUT2D eigenvalue weighted by atomic mass is 10.2. The first-order valence-corrected chi connectivity index (χ1v) is 3.37. The SMILES string of the molecule is CC(c1nonc1N)N(C)C. The summed E-state index contributed by atoms with van der Waals surface area (Å²) in [6.45, 7) is 1.98. The van der Waals surface area contributed by atoms with Gasteiger partial charge < -0.3 is 10.6 Å². The van der Waals surface area contributed by atoms with E-state index in [-0.39, 0.29) is 6.04 Å². The third-order valence-corrected chi connectivity index (χ3v) is 1.71. The average Bonchev–Trinajstić information content (AvgIpc) is 2.33. The highest BCUT2D eigenvalue weighted by Gasteiger charge is 2.15. The topological polar surface area (TPSA) is 68.2 Å². The molecule has 1 atom stereocenters. The van der Waals surface area contributed by atoms with E-state index in [0.29, 0.717) is 11.5 Å². The molecule has 0 aliphatic carbocycles. The van der Waals surface area contributed by atoms with Crippen LogP contribution in [0.15, 0.2) is 4.63 Å². The molecule has 0 radical (unpaired) electrons. The summed E-state index contributed by atoms with van der Waals surface area (Å²) in [5.41, 5.74) is 6.18. The van der Waals surface area contributed by atoms with Gasteiger partial charge in [-0.3, -0.25) is 0 Å². The molecule has 0 aromatic carbocycles. The summed E-state index contributed by atoms with van der Waals surface area (Å²) in [6, 6.07) is 0.140. The zero-order valence-electron chi connectivity index (χ0n) is 6.90. The van der Waals surface area contributed by atoms with E-state index in [0.717, 1.165) is 0 Å². The summed E-state index contributed by atoms with van der Waals surface area (Å²) < 4.78 is 4.46. The van der Waals surface area contributed by atoms with Crippen LogP contribution in [0, 0.1) is 0 Å². The first-order chi connectivity index (χ1) is 5.13. The molecule has 0 saturated carbocycles. The Hall–Kier alpha value is -1.10. The van der Waals surface area contributed by atoms with Crippen molar-refractivity contribution in [2.75, 3.05) is 19.8 Å². The summed E-state index contributed by atoms with van der Waals surface area (Å²) >= 11 is 0. The molecule has 0 spiro atoms. The fraction of sp³-hybridized carbons (Fsp3) is 0.667. The van der Waals surface area contributed by atoms with Crippen molar-refractivity contribution in [3.8, 4) is 0 Å². The second-order valence-corrected chi connectivity index (χ2v) is 2.67. The summed E-state index contributed by atoms with van der Waals surface area (Å²) in [5.74, 6) is 0.367. The Balaban J connectivity index is 2.84. The van der Waals surface area contributed by atoms with Crippen LogP contribution in [0.1, 0.15) is 18.7 Å². The highest BCUT2D eigenvalue weighted by Crippen LogP contribution is 2.18. The molecule has 5 nitrogen and oxygen atoms in total. The van der Waals surface area contributed by atoms with Gasteiger partial charge in [-0.1, -0.05) is 5.16 Å². The summed E-state index contributed by atoms with van der Waals surface area (Å²) in [4.78, 5) is 1.98. The molecule has 0 saturated heterocycles. The minimum Gasteiger partial charge on any atom is -0.379 e. The van der Waals surface area contributed by atoms with Gasteiger partial charge in [-0.2, -0.15) is 0 Å². The molecular weight excluding hydrogens is 144 g/mol. The van der Waals surface area contributed by atoms with Crippen molar-refractivity contribution in [1.82, 2.24) is 15.2 Å². The summed E-state index contributed by atoms with van der Waals surface area (Å²) in [6.07, 6.45) is 0. The average molecular weight is 156 g/mol.